The lowest BCUT2D eigenvalue weighted by Gasteiger charge is -2.21. The van der Waals surface area contributed by atoms with Gasteiger partial charge in [-0.15, -0.1) is 0 Å². The van der Waals surface area contributed by atoms with Gasteiger partial charge < -0.3 is 10.4 Å². The van der Waals surface area contributed by atoms with Crippen LogP contribution in [0.5, 0.6) is 0 Å². The molecule has 0 atom stereocenters. The van der Waals surface area contributed by atoms with Crippen LogP contribution in [0.15, 0.2) is 24.3 Å². The number of benzene rings is 1. The van der Waals surface area contributed by atoms with Crippen LogP contribution in [0.25, 0.3) is 0 Å². The molecule has 1 aliphatic carbocycles. The number of amides is 1. The van der Waals surface area contributed by atoms with Crippen molar-refractivity contribution >= 4 is 5.91 Å². The van der Waals surface area contributed by atoms with Crippen molar-refractivity contribution in [1.82, 2.24) is 5.32 Å². The Balaban J connectivity index is 1.79. The highest BCUT2D eigenvalue weighted by molar-refractivity contribution is 5.76. The number of rotatable bonds is 5. The fourth-order valence-corrected chi connectivity index (χ4v) is 2.80. The summed E-state index contributed by atoms with van der Waals surface area (Å²) in [5.74, 6) is 0.710. The molecule has 2 N–H and O–H groups in total. The smallest absolute Gasteiger partial charge is 0.220 e. The first-order chi connectivity index (χ1) is 9.29. The minimum absolute atomic E-state index is 0.0225. The molecule has 19 heavy (non-hydrogen) atoms. The van der Waals surface area contributed by atoms with Gasteiger partial charge in [0.1, 0.15) is 0 Å². The second-order valence-electron chi connectivity index (χ2n) is 5.41. The third-order valence-corrected chi connectivity index (χ3v) is 3.96. The molecule has 0 aromatic heterocycles. The van der Waals surface area contributed by atoms with Gasteiger partial charge in [-0.3, -0.25) is 4.79 Å². The van der Waals surface area contributed by atoms with E-state index in [2.05, 4.69) is 5.32 Å². The number of aliphatic hydroxyl groups excluding tert-OH is 1. The van der Waals surface area contributed by atoms with Crippen LogP contribution >= 0.6 is 0 Å². The molecule has 1 aliphatic rings. The second-order valence-corrected chi connectivity index (χ2v) is 5.41. The first kappa shape index (κ1) is 14.1. The van der Waals surface area contributed by atoms with E-state index < -0.39 is 0 Å². The molecular weight excluding hydrogens is 238 g/mol. The molecule has 0 saturated heterocycles. The molecule has 104 valence electrons. The third-order valence-electron chi connectivity index (χ3n) is 3.96. The van der Waals surface area contributed by atoms with Gasteiger partial charge in [-0.1, -0.05) is 43.5 Å². The summed E-state index contributed by atoms with van der Waals surface area (Å²) in [6.07, 6.45) is 6.90. The van der Waals surface area contributed by atoms with Crippen molar-refractivity contribution < 1.29 is 9.90 Å². The van der Waals surface area contributed by atoms with Crippen molar-refractivity contribution in [1.29, 1.82) is 0 Å². The van der Waals surface area contributed by atoms with Crippen LogP contribution in [-0.4, -0.2) is 11.0 Å². The summed E-state index contributed by atoms with van der Waals surface area (Å²) in [5.41, 5.74) is 1.89. The molecule has 1 aromatic carbocycles. The van der Waals surface area contributed by atoms with Gasteiger partial charge in [-0.2, -0.15) is 0 Å². The molecule has 1 fully saturated rings. The molecule has 1 aromatic rings. The predicted octanol–water partition coefficient (Wildman–Crippen LogP) is 2.77. The van der Waals surface area contributed by atoms with Crippen molar-refractivity contribution in [3.05, 3.63) is 35.4 Å². The van der Waals surface area contributed by atoms with E-state index in [1.54, 1.807) is 0 Å². The minimum Gasteiger partial charge on any atom is -0.392 e. The van der Waals surface area contributed by atoms with E-state index >= 15 is 0 Å². The van der Waals surface area contributed by atoms with Gasteiger partial charge in [0.2, 0.25) is 5.91 Å². The van der Waals surface area contributed by atoms with Gasteiger partial charge in [0.25, 0.3) is 0 Å². The van der Waals surface area contributed by atoms with Gasteiger partial charge in [0.05, 0.1) is 6.61 Å². The van der Waals surface area contributed by atoms with Crippen molar-refractivity contribution in [3.63, 3.8) is 0 Å². The van der Waals surface area contributed by atoms with Gasteiger partial charge in [-0.05, 0) is 29.9 Å². The Bertz CT molecular complexity index is 411. The highest BCUT2D eigenvalue weighted by atomic mass is 16.3. The number of hydrogen-bond acceptors (Lipinski definition) is 2. The topological polar surface area (TPSA) is 49.3 Å². The van der Waals surface area contributed by atoms with E-state index in [4.69, 9.17) is 0 Å². The molecule has 0 radical (unpaired) electrons. The summed E-state index contributed by atoms with van der Waals surface area (Å²) in [6, 6.07) is 7.68. The van der Waals surface area contributed by atoms with Crippen LogP contribution in [0, 0.1) is 5.92 Å². The fraction of sp³-hybridized carbons (Fsp3) is 0.562. The Morgan fingerprint density at radius 1 is 1.16 bits per heavy atom. The fourth-order valence-electron chi connectivity index (χ4n) is 2.80. The summed E-state index contributed by atoms with van der Waals surface area (Å²) in [6.45, 7) is 0.539. The maximum atomic E-state index is 11.9. The Kier molecular flexibility index (Phi) is 5.40. The zero-order valence-electron chi connectivity index (χ0n) is 11.4. The molecule has 0 spiro atoms. The van der Waals surface area contributed by atoms with Gasteiger partial charge >= 0.3 is 0 Å². The largest absolute Gasteiger partial charge is 0.392 e. The summed E-state index contributed by atoms with van der Waals surface area (Å²) in [4.78, 5) is 11.9. The first-order valence-corrected chi connectivity index (χ1v) is 7.24. The lowest BCUT2D eigenvalue weighted by molar-refractivity contribution is -0.122. The van der Waals surface area contributed by atoms with Crippen LogP contribution in [0.2, 0.25) is 0 Å². The average molecular weight is 261 g/mol. The lowest BCUT2D eigenvalue weighted by Crippen LogP contribution is -2.26. The Morgan fingerprint density at radius 3 is 2.53 bits per heavy atom. The summed E-state index contributed by atoms with van der Waals surface area (Å²) in [7, 11) is 0. The van der Waals surface area contributed by atoms with Crippen LogP contribution in [0.4, 0.5) is 0 Å². The highest BCUT2D eigenvalue weighted by Crippen LogP contribution is 2.26. The molecule has 0 heterocycles. The monoisotopic (exact) mass is 261 g/mol. The number of carbonyl (C=O) groups is 1. The Morgan fingerprint density at radius 2 is 1.84 bits per heavy atom. The highest BCUT2D eigenvalue weighted by Gasteiger charge is 2.16. The van der Waals surface area contributed by atoms with Gasteiger partial charge in [0, 0.05) is 13.0 Å². The minimum atomic E-state index is 0.0225. The number of aliphatic hydroxyl groups is 1. The van der Waals surface area contributed by atoms with E-state index in [-0.39, 0.29) is 12.5 Å². The molecular formula is C16H23NO2. The molecule has 3 heteroatoms. The van der Waals surface area contributed by atoms with E-state index in [0.29, 0.717) is 18.9 Å². The third kappa shape index (κ3) is 4.35. The summed E-state index contributed by atoms with van der Waals surface area (Å²) < 4.78 is 0. The first-order valence-electron chi connectivity index (χ1n) is 7.24. The maximum absolute atomic E-state index is 11.9. The number of nitrogens with one attached hydrogen (secondary N) is 1. The van der Waals surface area contributed by atoms with E-state index in [9.17, 15) is 9.90 Å². The summed E-state index contributed by atoms with van der Waals surface area (Å²) >= 11 is 0. The molecule has 1 amide bonds. The van der Waals surface area contributed by atoms with Crippen LogP contribution in [0.3, 0.4) is 0 Å². The molecule has 3 nitrogen and oxygen atoms in total. The molecule has 1 saturated carbocycles. The standard InChI is InChI=1S/C16H23NO2/c18-12-15-9-5-4-8-14(15)11-17-16(19)10-13-6-2-1-3-7-13/h4-5,8-9,13,18H,1-3,6-7,10-12H2,(H,17,19). The van der Waals surface area contributed by atoms with Gasteiger partial charge in [0.15, 0.2) is 0 Å². The second kappa shape index (κ2) is 7.29. The Hall–Kier alpha value is -1.35. The van der Waals surface area contributed by atoms with E-state index in [1.165, 1.54) is 32.1 Å². The van der Waals surface area contributed by atoms with E-state index in [0.717, 1.165) is 11.1 Å². The van der Waals surface area contributed by atoms with Crippen LogP contribution in [-0.2, 0) is 17.9 Å². The zero-order valence-corrected chi connectivity index (χ0v) is 11.4. The molecule has 0 bridgehead atoms. The average Bonchev–Trinajstić information content (AvgIpc) is 2.46. The van der Waals surface area contributed by atoms with Crippen LogP contribution in [0.1, 0.15) is 49.7 Å². The number of carbonyl (C=O) groups excluding carboxylic acids is 1. The predicted molar refractivity (Wildman–Crippen MR) is 75.4 cm³/mol. The molecule has 2 rings (SSSR count). The van der Waals surface area contributed by atoms with Crippen molar-refractivity contribution in [2.75, 3.05) is 0 Å². The normalized spacial score (nSPS) is 16.3. The Labute approximate surface area is 115 Å². The maximum Gasteiger partial charge on any atom is 0.220 e. The number of hydrogen-bond donors (Lipinski definition) is 2. The molecule has 0 aliphatic heterocycles. The van der Waals surface area contributed by atoms with Crippen molar-refractivity contribution in [3.8, 4) is 0 Å². The lowest BCUT2D eigenvalue weighted by atomic mass is 9.87. The quantitative estimate of drug-likeness (QED) is 0.856. The SMILES string of the molecule is O=C(CC1CCCCC1)NCc1ccccc1CO. The van der Waals surface area contributed by atoms with Gasteiger partial charge in [-0.25, -0.2) is 0 Å². The van der Waals surface area contributed by atoms with E-state index in [1.807, 2.05) is 24.3 Å². The van der Waals surface area contributed by atoms with Crippen LogP contribution < -0.4 is 5.32 Å². The summed E-state index contributed by atoms with van der Waals surface area (Å²) in [5, 5.41) is 12.2. The molecule has 0 unspecified atom stereocenters. The zero-order chi connectivity index (χ0) is 13.5. The van der Waals surface area contributed by atoms with Crippen molar-refractivity contribution in [2.24, 2.45) is 5.92 Å². The van der Waals surface area contributed by atoms with Crippen molar-refractivity contribution in [2.45, 2.75) is 51.7 Å².